The predicted octanol–water partition coefficient (Wildman–Crippen LogP) is 1.81. The van der Waals surface area contributed by atoms with Gasteiger partial charge >= 0.3 is 0 Å². The largest absolute Gasteiger partial charge is 0.315 e. The van der Waals surface area contributed by atoms with Crippen molar-refractivity contribution in [2.24, 2.45) is 0 Å². The Labute approximate surface area is 86.9 Å². The minimum atomic E-state index is -0.175. The second kappa shape index (κ2) is 7.18. The van der Waals surface area contributed by atoms with Crippen LogP contribution in [0.5, 0.6) is 0 Å². The monoisotopic (exact) mass is 202 g/mol. The molecule has 0 spiro atoms. The molecule has 2 nitrogen and oxygen atoms in total. The van der Waals surface area contributed by atoms with Crippen molar-refractivity contribution in [1.82, 2.24) is 10.2 Å². The number of likely N-dealkylation sites (tertiary alicyclic amines) is 1. The van der Waals surface area contributed by atoms with Crippen LogP contribution in [-0.4, -0.2) is 43.8 Å². The van der Waals surface area contributed by atoms with Gasteiger partial charge in [0, 0.05) is 19.1 Å². The zero-order valence-electron chi connectivity index (χ0n) is 9.27. The summed E-state index contributed by atoms with van der Waals surface area (Å²) in [5.74, 6) is 0. The van der Waals surface area contributed by atoms with Crippen LogP contribution in [0.15, 0.2) is 0 Å². The van der Waals surface area contributed by atoms with E-state index >= 15 is 0 Å². The van der Waals surface area contributed by atoms with E-state index in [1.165, 1.54) is 25.8 Å². The summed E-state index contributed by atoms with van der Waals surface area (Å²) in [6.07, 6.45) is 4.45. The topological polar surface area (TPSA) is 15.3 Å². The van der Waals surface area contributed by atoms with Crippen LogP contribution in [0.4, 0.5) is 4.39 Å². The molecule has 1 unspecified atom stereocenters. The molecular formula is C11H23FN2. The number of nitrogens with zero attached hydrogens (tertiary/aromatic N) is 1. The summed E-state index contributed by atoms with van der Waals surface area (Å²) in [6.45, 7) is 6.30. The van der Waals surface area contributed by atoms with Gasteiger partial charge in [-0.05, 0) is 38.8 Å². The highest BCUT2D eigenvalue weighted by Crippen LogP contribution is 2.16. The standard InChI is InChI=1S/C11H23FN2/c1-2-7-13-10-11-5-3-8-14(11)9-4-6-12/h11,13H,2-10H2,1H3. The van der Waals surface area contributed by atoms with E-state index in [1.54, 1.807) is 0 Å². The lowest BCUT2D eigenvalue weighted by molar-refractivity contribution is 0.236. The van der Waals surface area contributed by atoms with Gasteiger partial charge in [0.15, 0.2) is 0 Å². The van der Waals surface area contributed by atoms with Crippen molar-refractivity contribution in [2.45, 2.75) is 38.6 Å². The van der Waals surface area contributed by atoms with Gasteiger partial charge in [-0.25, -0.2) is 0 Å². The van der Waals surface area contributed by atoms with Crippen molar-refractivity contribution >= 4 is 0 Å². The summed E-state index contributed by atoms with van der Waals surface area (Å²) >= 11 is 0. The van der Waals surface area contributed by atoms with Crippen molar-refractivity contribution in [3.8, 4) is 0 Å². The zero-order valence-corrected chi connectivity index (χ0v) is 9.27. The Morgan fingerprint density at radius 3 is 3.07 bits per heavy atom. The van der Waals surface area contributed by atoms with Crippen LogP contribution in [-0.2, 0) is 0 Å². The first kappa shape index (κ1) is 11.9. The van der Waals surface area contributed by atoms with Gasteiger partial charge in [-0.3, -0.25) is 9.29 Å². The normalized spacial score (nSPS) is 23.1. The second-order valence-electron chi connectivity index (χ2n) is 4.08. The van der Waals surface area contributed by atoms with Gasteiger partial charge in [0.2, 0.25) is 0 Å². The van der Waals surface area contributed by atoms with Gasteiger partial charge in [0.05, 0.1) is 6.67 Å². The van der Waals surface area contributed by atoms with Gasteiger partial charge < -0.3 is 5.32 Å². The van der Waals surface area contributed by atoms with Crippen molar-refractivity contribution in [1.29, 1.82) is 0 Å². The van der Waals surface area contributed by atoms with Gasteiger partial charge in [-0.15, -0.1) is 0 Å². The fourth-order valence-corrected chi connectivity index (χ4v) is 2.13. The van der Waals surface area contributed by atoms with E-state index < -0.39 is 0 Å². The van der Waals surface area contributed by atoms with E-state index in [4.69, 9.17) is 0 Å². The molecule has 1 aliphatic heterocycles. The van der Waals surface area contributed by atoms with Gasteiger partial charge in [-0.2, -0.15) is 0 Å². The number of rotatable bonds is 7. The first-order chi connectivity index (χ1) is 6.88. The maximum Gasteiger partial charge on any atom is 0.0906 e. The SMILES string of the molecule is CCCNCC1CCCN1CCCF. The van der Waals surface area contributed by atoms with Crippen LogP contribution in [0.25, 0.3) is 0 Å². The highest BCUT2D eigenvalue weighted by Gasteiger charge is 2.22. The summed E-state index contributed by atoms with van der Waals surface area (Å²) in [5, 5.41) is 3.45. The fourth-order valence-electron chi connectivity index (χ4n) is 2.13. The maximum absolute atomic E-state index is 12.0. The molecule has 0 aromatic rings. The first-order valence-corrected chi connectivity index (χ1v) is 5.89. The fraction of sp³-hybridized carbons (Fsp3) is 1.00. The molecule has 0 aromatic carbocycles. The van der Waals surface area contributed by atoms with Crippen LogP contribution in [0, 0.1) is 0 Å². The lowest BCUT2D eigenvalue weighted by Gasteiger charge is -2.24. The quantitative estimate of drug-likeness (QED) is 0.633. The summed E-state index contributed by atoms with van der Waals surface area (Å²) in [4.78, 5) is 2.43. The third-order valence-corrected chi connectivity index (χ3v) is 2.88. The molecule has 1 atom stereocenters. The second-order valence-corrected chi connectivity index (χ2v) is 4.08. The Kier molecular flexibility index (Phi) is 6.12. The molecule has 1 rings (SSSR count). The van der Waals surface area contributed by atoms with Crippen molar-refractivity contribution in [3.05, 3.63) is 0 Å². The Balaban J connectivity index is 2.14. The molecule has 0 aromatic heterocycles. The lowest BCUT2D eigenvalue weighted by atomic mass is 10.2. The Morgan fingerprint density at radius 2 is 2.36 bits per heavy atom. The molecule has 0 aliphatic carbocycles. The van der Waals surface area contributed by atoms with E-state index in [0.717, 1.165) is 19.6 Å². The van der Waals surface area contributed by atoms with E-state index in [1.807, 2.05) is 0 Å². The third kappa shape index (κ3) is 3.93. The molecule has 1 fully saturated rings. The summed E-state index contributed by atoms with van der Waals surface area (Å²) < 4.78 is 12.0. The maximum atomic E-state index is 12.0. The van der Waals surface area contributed by atoms with Gasteiger partial charge in [-0.1, -0.05) is 6.92 Å². The average Bonchev–Trinajstić information content (AvgIpc) is 2.63. The number of nitrogens with one attached hydrogen (secondary N) is 1. The van der Waals surface area contributed by atoms with Crippen LogP contribution < -0.4 is 5.32 Å². The van der Waals surface area contributed by atoms with E-state index in [9.17, 15) is 4.39 Å². The Bertz CT molecular complexity index is 141. The minimum Gasteiger partial charge on any atom is -0.315 e. The van der Waals surface area contributed by atoms with E-state index in [2.05, 4.69) is 17.1 Å². The Morgan fingerprint density at radius 1 is 1.50 bits per heavy atom. The van der Waals surface area contributed by atoms with Crippen molar-refractivity contribution < 1.29 is 4.39 Å². The van der Waals surface area contributed by atoms with Crippen LogP contribution in [0.1, 0.15) is 32.6 Å². The molecule has 1 aliphatic rings. The molecule has 1 saturated heterocycles. The molecule has 0 radical (unpaired) electrons. The van der Waals surface area contributed by atoms with Gasteiger partial charge in [0.25, 0.3) is 0 Å². The summed E-state index contributed by atoms with van der Waals surface area (Å²) in [6, 6.07) is 0.660. The minimum absolute atomic E-state index is 0.175. The molecule has 1 heterocycles. The van der Waals surface area contributed by atoms with Crippen LogP contribution in [0.2, 0.25) is 0 Å². The average molecular weight is 202 g/mol. The highest BCUT2D eigenvalue weighted by atomic mass is 19.1. The number of hydrogen-bond donors (Lipinski definition) is 1. The molecule has 1 N–H and O–H groups in total. The smallest absolute Gasteiger partial charge is 0.0906 e. The zero-order chi connectivity index (χ0) is 10.2. The molecule has 14 heavy (non-hydrogen) atoms. The van der Waals surface area contributed by atoms with Crippen LogP contribution >= 0.6 is 0 Å². The van der Waals surface area contributed by atoms with E-state index in [0.29, 0.717) is 12.5 Å². The first-order valence-electron chi connectivity index (χ1n) is 5.89. The highest BCUT2D eigenvalue weighted by molar-refractivity contribution is 4.80. The van der Waals surface area contributed by atoms with Gasteiger partial charge in [0.1, 0.15) is 0 Å². The van der Waals surface area contributed by atoms with Crippen LogP contribution in [0.3, 0.4) is 0 Å². The number of hydrogen-bond acceptors (Lipinski definition) is 2. The lowest BCUT2D eigenvalue weighted by Crippen LogP contribution is -2.38. The molecule has 0 bridgehead atoms. The summed E-state index contributed by atoms with van der Waals surface area (Å²) in [7, 11) is 0. The molecule has 84 valence electrons. The summed E-state index contributed by atoms with van der Waals surface area (Å²) in [5.41, 5.74) is 0. The molecule has 3 heteroatoms. The van der Waals surface area contributed by atoms with Crippen molar-refractivity contribution in [2.75, 3.05) is 32.9 Å². The number of halogens is 1. The number of alkyl halides is 1. The predicted molar refractivity (Wildman–Crippen MR) is 58.3 cm³/mol. The molecule has 0 amide bonds. The Hall–Kier alpha value is -0.150. The third-order valence-electron chi connectivity index (χ3n) is 2.88. The van der Waals surface area contributed by atoms with Crippen molar-refractivity contribution in [3.63, 3.8) is 0 Å². The van der Waals surface area contributed by atoms with E-state index in [-0.39, 0.29) is 6.67 Å². The molecular weight excluding hydrogens is 179 g/mol. The molecule has 0 saturated carbocycles.